The Morgan fingerprint density at radius 2 is 2.17 bits per heavy atom. The Morgan fingerprint density at radius 3 is 2.50 bits per heavy atom. The van der Waals surface area contributed by atoms with Crippen LogP contribution in [0.3, 0.4) is 0 Å². The van der Waals surface area contributed by atoms with Gasteiger partial charge in [0.2, 0.25) is 5.91 Å². The Hall–Kier alpha value is -0.610. The number of carbonyl (C=O) groups is 1. The summed E-state index contributed by atoms with van der Waals surface area (Å²) in [6.07, 6.45) is 1.08. The molecule has 0 saturated heterocycles. The number of carbonyl (C=O) groups excluding carboxylic acids is 1. The van der Waals surface area contributed by atoms with Gasteiger partial charge in [0.15, 0.2) is 0 Å². The first-order valence-electron chi connectivity index (χ1n) is 4.00. The summed E-state index contributed by atoms with van der Waals surface area (Å²) in [6, 6.07) is 0. The van der Waals surface area contributed by atoms with Crippen LogP contribution >= 0.6 is 0 Å². The Morgan fingerprint density at radius 1 is 1.67 bits per heavy atom. The normalized spacial score (nSPS) is 34.2. The highest BCUT2D eigenvalue weighted by atomic mass is 16.7. The molecule has 70 valence electrons. The number of hydrogen-bond acceptors (Lipinski definition) is 3. The summed E-state index contributed by atoms with van der Waals surface area (Å²) >= 11 is 0. The van der Waals surface area contributed by atoms with Gasteiger partial charge in [-0.3, -0.25) is 9.63 Å². The van der Waals surface area contributed by atoms with E-state index in [2.05, 4.69) is 0 Å². The van der Waals surface area contributed by atoms with Crippen molar-refractivity contribution in [2.45, 2.75) is 25.4 Å². The van der Waals surface area contributed by atoms with Gasteiger partial charge < -0.3 is 5.11 Å². The molecule has 0 radical (unpaired) electrons. The molecule has 0 aromatic rings. The maximum absolute atomic E-state index is 11.3. The van der Waals surface area contributed by atoms with E-state index < -0.39 is 5.60 Å². The Bertz CT molecular complexity index is 183. The average Bonchev–Trinajstić information content (AvgIpc) is 1.97. The first-order chi connectivity index (χ1) is 5.46. The molecule has 0 aromatic carbocycles. The molecule has 1 fully saturated rings. The Labute approximate surface area is 72.1 Å². The van der Waals surface area contributed by atoms with Crippen LogP contribution in [-0.2, 0) is 9.63 Å². The van der Waals surface area contributed by atoms with Crippen LogP contribution in [0.5, 0.6) is 0 Å². The molecule has 1 saturated carbocycles. The molecule has 0 heterocycles. The van der Waals surface area contributed by atoms with Crippen LogP contribution in [0, 0.1) is 5.92 Å². The third kappa shape index (κ3) is 1.76. The van der Waals surface area contributed by atoms with Gasteiger partial charge >= 0.3 is 0 Å². The smallest absolute Gasteiger partial charge is 0.249 e. The summed E-state index contributed by atoms with van der Waals surface area (Å²) in [5.41, 5.74) is -0.644. The lowest BCUT2D eigenvalue weighted by Gasteiger charge is -2.40. The number of hydroxylamine groups is 2. The van der Waals surface area contributed by atoms with Crippen molar-refractivity contribution in [2.24, 2.45) is 5.92 Å². The summed E-state index contributed by atoms with van der Waals surface area (Å²) in [4.78, 5) is 16.1. The molecule has 0 unspecified atom stereocenters. The second-order valence-electron chi connectivity index (χ2n) is 3.62. The molecular formula is C8H15NO3. The van der Waals surface area contributed by atoms with Crippen molar-refractivity contribution in [3.05, 3.63) is 0 Å². The van der Waals surface area contributed by atoms with Crippen LogP contribution in [0.25, 0.3) is 0 Å². The summed E-state index contributed by atoms with van der Waals surface area (Å²) < 4.78 is 0. The highest BCUT2D eigenvalue weighted by Gasteiger charge is 2.43. The maximum Gasteiger partial charge on any atom is 0.249 e. The van der Waals surface area contributed by atoms with Gasteiger partial charge in [-0.2, -0.15) is 0 Å². The van der Waals surface area contributed by atoms with E-state index in [0.29, 0.717) is 12.8 Å². The third-order valence-corrected chi connectivity index (χ3v) is 2.31. The zero-order chi connectivity index (χ0) is 9.35. The van der Waals surface area contributed by atoms with Gasteiger partial charge in [-0.15, -0.1) is 0 Å². The van der Waals surface area contributed by atoms with Gasteiger partial charge in [-0.1, -0.05) is 0 Å². The van der Waals surface area contributed by atoms with E-state index in [1.165, 1.54) is 12.2 Å². The molecule has 0 spiro atoms. The second-order valence-corrected chi connectivity index (χ2v) is 3.62. The topological polar surface area (TPSA) is 49.8 Å². The first kappa shape index (κ1) is 9.48. The average molecular weight is 173 g/mol. The molecule has 1 rings (SSSR count). The van der Waals surface area contributed by atoms with Crippen molar-refractivity contribution in [1.82, 2.24) is 5.06 Å². The van der Waals surface area contributed by atoms with E-state index in [0.717, 1.165) is 0 Å². The highest BCUT2D eigenvalue weighted by Crippen LogP contribution is 2.38. The molecule has 0 aromatic heterocycles. The van der Waals surface area contributed by atoms with Crippen LogP contribution in [0.2, 0.25) is 0 Å². The van der Waals surface area contributed by atoms with Crippen molar-refractivity contribution >= 4 is 5.91 Å². The molecule has 4 nitrogen and oxygen atoms in total. The third-order valence-electron chi connectivity index (χ3n) is 2.31. The predicted octanol–water partition coefficient (Wildman–Crippen LogP) is 0.167. The van der Waals surface area contributed by atoms with E-state index in [1.807, 2.05) is 0 Å². The van der Waals surface area contributed by atoms with Gasteiger partial charge in [0.05, 0.1) is 12.7 Å². The zero-order valence-electron chi connectivity index (χ0n) is 7.70. The molecule has 12 heavy (non-hydrogen) atoms. The van der Waals surface area contributed by atoms with Gasteiger partial charge in [0.25, 0.3) is 0 Å². The molecule has 1 amide bonds. The first-order valence-corrected chi connectivity index (χ1v) is 4.00. The highest BCUT2D eigenvalue weighted by molar-refractivity contribution is 5.78. The van der Waals surface area contributed by atoms with Crippen LogP contribution in [-0.4, -0.2) is 35.8 Å². The summed E-state index contributed by atoms with van der Waals surface area (Å²) in [5.74, 6) is -0.117. The van der Waals surface area contributed by atoms with Crippen molar-refractivity contribution in [3.63, 3.8) is 0 Å². The van der Waals surface area contributed by atoms with E-state index in [9.17, 15) is 9.90 Å². The molecule has 0 bridgehead atoms. The standard InChI is InChI=1S/C8H15NO3/c1-8(11)4-6(5-8)7(10)9(2)12-3/h6,11H,4-5H2,1-3H3. The fourth-order valence-electron chi connectivity index (χ4n) is 1.52. The quantitative estimate of drug-likeness (QED) is 0.605. The monoisotopic (exact) mass is 173 g/mol. The van der Waals surface area contributed by atoms with Crippen LogP contribution in [0.4, 0.5) is 0 Å². The lowest BCUT2D eigenvalue weighted by atomic mass is 9.72. The zero-order valence-corrected chi connectivity index (χ0v) is 7.70. The van der Waals surface area contributed by atoms with Crippen LogP contribution < -0.4 is 0 Å². The van der Waals surface area contributed by atoms with Crippen molar-refractivity contribution in [3.8, 4) is 0 Å². The lowest BCUT2D eigenvalue weighted by molar-refractivity contribution is -0.185. The van der Waals surface area contributed by atoms with Gasteiger partial charge in [0.1, 0.15) is 0 Å². The van der Waals surface area contributed by atoms with E-state index >= 15 is 0 Å². The van der Waals surface area contributed by atoms with E-state index in [-0.39, 0.29) is 11.8 Å². The molecule has 0 atom stereocenters. The number of nitrogens with zero attached hydrogens (tertiary/aromatic N) is 1. The van der Waals surface area contributed by atoms with Crippen molar-refractivity contribution in [1.29, 1.82) is 0 Å². The number of rotatable bonds is 2. The van der Waals surface area contributed by atoms with Crippen LogP contribution in [0.1, 0.15) is 19.8 Å². The van der Waals surface area contributed by atoms with Gasteiger partial charge in [-0.25, -0.2) is 5.06 Å². The summed E-state index contributed by atoms with van der Waals surface area (Å²) in [6.45, 7) is 1.74. The molecule has 1 aliphatic rings. The number of hydrogen-bond donors (Lipinski definition) is 1. The summed E-state index contributed by atoms with van der Waals surface area (Å²) in [7, 11) is 3.03. The number of amides is 1. The maximum atomic E-state index is 11.3. The van der Waals surface area contributed by atoms with Gasteiger partial charge in [-0.05, 0) is 19.8 Å². The SMILES string of the molecule is CON(C)C(=O)C1CC(C)(O)C1. The minimum atomic E-state index is -0.644. The number of aliphatic hydroxyl groups is 1. The molecule has 1 aliphatic carbocycles. The minimum Gasteiger partial charge on any atom is -0.390 e. The largest absolute Gasteiger partial charge is 0.390 e. The summed E-state index contributed by atoms with van der Waals surface area (Å²) in [5, 5.41) is 10.6. The van der Waals surface area contributed by atoms with Gasteiger partial charge in [0, 0.05) is 13.0 Å². The minimum absolute atomic E-state index is 0.0518. The predicted molar refractivity (Wildman–Crippen MR) is 43.1 cm³/mol. The fourth-order valence-corrected chi connectivity index (χ4v) is 1.52. The molecule has 4 heteroatoms. The van der Waals surface area contributed by atoms with Crippen molar-refractivity contribution in [2.75, 3.05) is 14.2 Å². The van der Waals surface area contributed by atoms with Crippen LogP contribution in [0.15, 0.2) is 0 Å². The molecule has 1 N–H and O–H groups in total. The van der Waals surface area contributed by atoms with E-state index in [4.69, 9.17) is 4.84 Å². The Balaban J connectivity index is 2.38. The van der Waals surface area contributed by atoms with Crippen molar-refractivity contribution < 1.29 is 14.7 Å². The Kier molecular flexibility index (Phi) is 2.39. The second kappa shape index (κ2) is 3.03. The molecule has 0 aliphatic heterocycles. The lowest BCUT2D eigenvalue weighted by Crippen LogP contribution is -2.48. The fraction of sp³-hybridized carbons (Fsp3) is 0.875. The van der Waals surface area contributed by atoms with E-state index in [1.54, 1.807) is 14.0 Å². The molecular weight excluding hydrogens is 158 g/mol.